The van der Waals surface area contributed by atoms with E-state index >= 15 is 0 Å². The minimum atomic E-state index is -0.455. The van der Waals surface area contributed by atoms with Crippen molar-refractivity contribution in [3.63, 3.8) is 0 Å². The van der Waals surface area contributed by atoms with Crippen molar-refractivity contribution in [2.45, 2.75) is 20.5 Å². The zero-order valence-electron chi connectivity index (χ0n) is 11.1. The Bertz CT molecular complexity index is 746. The first-order valence-electron chi connectivity index (χ1n) is 5.95. The fourth-order valence-corrected chi connectivity index (χ4v) is 1.78. The molecule has 0 saturated carbocycles. The zero-order valence-corrected chi connectivity index (χ0v) is 11.8. The van der Waals surface area contributed by atoms with Crippen LogP contribution in [0.5, 0.6) is 0 Å². The number of pyridine rings is 1. The van der Waals surface area contributed by atoms with E-state index in [2.05, 4.69) is 4.98 Å². The van der Waals surface area contributed by atoms with E-state index in [0.717, 1.165) is 5.57 Å². The summed E-state index contributed by atoms with van der Waals surface area (Å²) in [6.07, 6.45) is 2.87. The Morgan fingerprint density at radius 2 is 2.20 bits per heavy atom. The monoisotopic (exact) mass is 292 g/mol. The second-order valence-corrected chi connectivity index (χ2v) is 4.93. The zero-order chi connectivity index (χ0) is 14.7. The van der Waals surface area contributed by atoms with Crippen molar-refractivity contribution in [3.05, 3.63) is 57.1 Å². The normalized spacial score (nSPS) is 10.3. The lowest BCUT2D eigenvalue weighted by atomic mass is 10.3. The van der Waals surface area contributed by atoms with Crippen molar-refractivity contribution in [2.24, 2.45) is 0 Å². The molecule has 20 heavy (non-hydrogen) atoms. The SMILES string of the molecule is CC(C)=CC(=O)OCc1cc(=O)n2cc(Cl)ccc2n1. The molecule has 6 heteroatoms. The van der Waals surface area contributed by atoms with E-state index in [9.17, 15) is 9.59 Å². The Morgan fingerprint density at radius 3 is 2.90 bits per heavy atom. The first kappa shape index (κ1) is 14.3. The number of ether oxygens (including phenoxy) is 1. The summed E-state index contributed by atoms with van der Waals surface area (Å²) >= 11 is 5.82. The van der Waals surface area contributed by atoms with Crippen molar-refractivity contribution in [3.8, 4) is 0 Å². The third-order valence-electron chi connectivity index (χ3n) is 2.45. The maximum absolute atomic E-state index is 11.9. The van der Waals surface area contributed by atoms with Crippen LogP contribution in [0, 0.1) is 0 Å². The van der Waals surface area contributed by atoms with Crippen LogP contribution in [-0.2, 0) is 16.1 Å². The van der Waals surface area contributed by atoms with E-state index in [1.54, 1.807) is 26.0 Å². The van der Waals surface area contributed by atoms with Crippen LogP contribution in [-0.4, -0.2) is 15.4 Å². The van der Waals surface area contributed by atoms with Gasteiger partial charge in [-0.15, -0.1) is 0 Å². The van der Waals surface area contributed by atoms with E-state index < -0.39 is 5.97 Å². The van der Waals surface area contributed by atoms with Crippen LogP contribution in [0.1, 0.15) is 19.5 Å². The second-order valence-electron chi connectivity index (χ2n) is 4.49. The molecule has 5 nitrogen and oxygen atoms in total. The number of nitrogens with zero attached hydrogens (tertiary/aromatic N) is 2. The van der Waals surface area contributed by atoms with Crippen molar-refractivity contribution in [2.75, 3.05) is 0 Å². The largest absolute Gasteiger partial charge is 0.456 e. The van der Waals surface area contributed by atoms with Gasteiger partial charge in [-0.05, 0) is 26.0 Å². The summed E-state index contributed by atoms with van der Waals surface area (Å²) in [4.78, 5) is 27.5. The van der Waals surface area contributed by atoms with Crippen molar-refractivity contribution < 1.29 is 9.53 Å². The number of allylic oxidation sites excluding steroid dienone is 1. The van der Waals surface area contributed by atoms with E-state index in [0.29, 0.717) is 16.4 Å². The molecule has 2 rings (SSSR count). The van der Waals surface area contributed by atoms with E-state index in [-0.39, 0.29) is 12.2 Å². The molecule has 0 bridgehead atoms. The fourth-order valence-electron chi connectivity index (χ4n) is 1.62. The molecule has 2 aromatic heterocycles. The van der Waals surface area contributed by atoms with Gasteiger partial charge in [0, 0.05) is 18.3 Å². The van der Waals surface area contributed by atoms with Crippen LogP contribution in [0.25, 0.3) is 5.65 Å². The standard InChI is InChI=1S/C14H13ClN2O3/c1-9(2)5-14(19)20-8-11-6-13(18)17-7-10(15)3-4-12(17)16-11/h3-7H,8H2,1-2H3. The molecular weight excluding hydrogens is 280 g/mol. The maximum atomic E-state index is 11.9. The first-order valence-corrected chi connectivity index (χ1v) is 6.33. The second kappa shape index (κ2) is 5.88. The van der Waals surface area contributed by atoms with Gasteiger partial charge in [-0.1, -0.05) is 17.2 Å². The van der Waals surface area contributed by atoms with E-state index in [4.69, 9.17) is 16.3 Å². The highest BCUT2D eigenvalue weighted by Crippen LogP contribution is 2.08. The quantitative estimate of drug-likeness (QED) is 0.643. The fraction of sp³-hybridized carbons (Fsp3) is 0.214. The molecule has 104 valence electrons. The van der Waals surface area contributed by atoms with Crippen molar-refractivity contribution >= 4 is 23.2 Å². The Labute approximate surface area is 120 Å². The lowest BCUT2D eigenvalue weighted by molar-refractivity contribution is -0.139. The van der Waals surface area contributed by atoms with Gasteiger partial charge in [0.1, 0.15) is 12.3 Å². The molecule has 0 unspecified atom stereocenters. The number of carbonyl (C=O) groups excluding carboxylic acids is 1. The van der Waals surface area contributed by atoms with Crippen LogP contribution >= 0.6 is 11.6 Å². The molecule has 2 heterocycles. The van der Waals surface area contributed by atoms with Crippen molar-refractivity contribution in [1.29, 1.82) is 0 Å². The van der Waals surface area contributed by atoms with Gasteiger partial charge in [-0.2, -0.15) is 0 Å². The highest BCUT2D eigenvalue weighted by Gasteiger charge is 2.05. The Balaban J connectivity index is 2.24. The Hall–Kier alpha value is -2.14. The highest BCUT2D eigenvalue weighted by molar-refractivity contribution is 6.30. The van der Waals surface area contributed by atoms with Gasteiger partial charge in [-0.25, -0.2) is 9.78 Å². The van der Waals surface area contributed by atoms with Gasteiger partial charge < -0.3 is 4.74 Å². The average Bonchev–Trinajstić information content (AvgIpc) is 2.36. The third-order valence-corrected chi connectivity index (χ3v) is 2.67. The van der Waals surface area contributed by atoms with Crippen LogP contribution in [0.15, 0.2) is 40.8 Å². The average molecular weight is 293 g/mol. The number of hydrogen-bond donors (Lipinski definition) is 0. The summed E-state index contributed by atoms with van der Waals surface area (Å²) in [6.45, 7) is 3.55. The maximum Gasteiger partial charge on any atom is 0.331 e. The molecule has 0 aliphatic heterocycles. The van der Waals surface area contributed by atoms with Gasteiger partial charge >= 0.3 is 5.97 Å². The smallest absolute Gasteiger partial charge is 0.331 e. The Morgan fingerprint density at radius 1 is 1.45 bits per heavy atom. The molecule has 0 saturated heterocycles. The van der Waals surface area contributed by atoms with Gasteiger partial charge in [-0.3, -0.25) is 9.20 Å². The summed E-state index contributed by atoms with van der Waals surface area (Å²) in [5.41, 5.74) is 1.42. The number of hydrogen-bond acceptors (Lipinski definition) is 4. The Kier molecular flexibility index (Phi) is 4.20. The van der Waals surface area contributed by atoms with Crippen LogP contribution in [0.2, 0.25) is 5.02 Å². The summed E-state index contributed by atoms with van der Waals surface area (Å²) in [5.74, 6) is -0.455. The molecular formula is C14H13ClN2O3. The van der Waals surface area contributed by atoms with Crippen LogP contribution in [0.3, 0.4) is 0 Å². The molecule has 0 aromatic carbocycles. The molecule has 0 fully saturated rings. The highest BCUT2D eigenvalue weighted by atomic mass is 35.5. The minimum absolute atomic E-state index is 0.0447. The van der Waals surface area contributed by atoms with Gasteiger partial charge in [0.2, 0.25) is 0 Å². The lowest BCUT2D eigenvalue weighted by Gasteiger charge is -2.05. The van der Waals surface area contributed by atoms with Crippen LogP contribution < -0.4 is 5.56 Å². The molecule has 0 atom stereocenters. The van der Waals surface area contributed by atoms with Crippen LogP contribution in [0.4, 0.5) is 0 Å². The molecule has 0 N–H and O–H groups in total. The molecule has 0 radical (unpaired) electrons. The summed E-state index contributed by atoms with van der Waals surface area (Å²) < 4.78 is 6.35. The number of halogens is 1. The summed E-state index contributed by atoms with van der Waals surface area (Å²) in [7, 11) is 0. The lowest BCUT2D eigenvalue weighted by Crippen LogP contribution is -2.16. The third kappa shape index (κ3) is 3.45. The van der Waals surface area contributed by atoms with Gasteiger partial charge in [0.25, 0.3) is 5.56 Å². The molecule has 0 amide bonds. The number of carbonyl (C=O) groups is 1. The minimum Gasteiger partial charge on any atom is -0.456 e. The molecule has 0 aliphatic carbocycles. The number of rotatable bonds is 3. The predicted molar refractivity (Wildman–Crippen MR) is 75.7 cm³/mol. The van der Waals surface area contributed by atoms with Crippen molar-refractivity contribution in [1.82, 2.24) is 9.38 Å². The van der Waals surface area contributed by atoms with E-state index in [1.807, 2.05) is 0 Å². The summed E-state index contributed by atoms with van der Waals surface area (Å²) in [5, 5.41) is 0.448. The number of fused-ring (bicyclic) bond motifs is 1. The predicted octanol–water partition coefficient (Wildman–Crippen LogP) is 2.36. The van der Waals surface area contributed by atoms with E-state index in [1.165, 1.54) is 22.7 Å². The summed E-state index contributed by atoms with van der Waals surface area (Å²) in [6, 6.07) is 4.59. The topological polar surface area (TPSA) is 60.7 Å². The molecule has 0 aliphatic rings. The van der Waals surface area contributed by atoms with Gasteiger partial charge in [0.15, 0.2) is 0 Å². The van der Waals surface area contributed by atoms with Gasteiger partial charge in [0.05, 0.1) is 10.7 Å². The number of esters is 1. The number of aromatic nitrogens is 2. The first-order chi connectivity index (χ1) is 9.45. The molecule has 0 spiro atoms. The molecule has 2 aromatic rings.